The lowest BCUT2D eigenvalue weighted by molar-refractivity contribution is 0.0318. The molecule has 0 amide bonds. The second-order valence-electron chi connectivity index (χ2n) is 10.1. The van der Waals surface area contributed by atoms with E-state index in [-0.39, 0.29) is 5.41 Å². The van der Waals surface area contributed by atoms with E-state index in [4.69, 9.17) is 4.74 Å². The third-order valence-electron chi connectivity index (χ3n) is 5.91. The zero-order valence-electron chi connectivity index (χ0n) is 19.7. The van der Waals surface area contributed by atoms with E-state index in [0.717, 1.165) is 26.3 Å². The highest BCUT2D eigenvalue weighted by atomic mass is 16.5. The molecule has 1 heterocycles. The number of ether oxygens (including phenoxy) is 1. The fourth-order valence-electron chi connectivity index (χ4n) is 4.48. The highest BCUT2D eigenvalue weighted by Crippen LogP contribution is 2.28. The summed E-state index contributed by atoms with van der Waals surface area (Å²) in [5.41, 5.74) is 5.63. The number of benzene rings is 2. The average Bonchev–Trinajstić information content (AvgIpc) is 3.21. The summed E-state index contributed by atoms with van der Waals surface area (Å²) in [6, 6.07) is 17.9. The first-order valence-corrected chi connectivity index (χ1v) is 11.5. The van der Waals surface area contributed by atoms with E-state index in [1.807, 2.05) is 0 Å². The van der Waals surface area contributed by atoms with Gasteiger partial charge in [0.2, 0.25) is 0 Å². The zero-order chi connectivity index (χ0) is 21.6. The van der Waals surface area contributed by atoms with E-state index in [2.05, 4.69) is 92.9 Å². The Labute approximate surface area is 184 Å². The molecule has 1 saturated heterocycles. The maximum atomic E-state index is 6.25. The predicted molar refractivity (Wildman–Crippen MR) is 128 cm³/mol. The zero-order valence-corrected chi connectivity index (χ0v) is 19.7. The van der Waals surface area contributed by atoms with E-state index in [1.165, 1.54) is 48.3 Å². The Bertz CT molecular complexity index is 755. The number of aryl methyl sites for hydroxylation is 2. The van der Waals surface area contributed by atoms with Crippen LogP contribution in [0.3, 0.4) is 0 Å². The summed E-state index contributed by atoms with van der Waals surface area (Å²) in [6.45, 7) is 17.1. The topological polar surface area (TPSA) is 15.7 Å². The number of rotatable bonds is 9. The molecule has 0 spiro atoms. The van der Waals surface area contributed by atoms with Crippen molar-refractivity contribution in [2.24, 2.45) is 5.41 Å². The van der Waals surface area contributed by atoms with Crippen molar-refractivity contribution in [1.29, 1.82) is 0 Å². The number of para-hydroxylation sites is 1. The maximum absolute atomic E-state index is 6.25. The Morgan fingerprint density at radius 2 is 1.57 bits per heavy atom. The molecule has 1 aliphatic heterocycles. The molecule has 164 valence electrons. The van der Waals surface area contributed by atoms with Crippen molar-refractivity contribution in [2.75, 3.05) is 37.7 Å². The minimum absolute atomic E-state index is 0.200. The summed E-state index contributed by atoms with van der Waals surface area (Å²) in [5.74, 6) is 0. The molecular formula is C27H40N2O. The van der Waals surface area contributed by atoms with Crippen LogP contribution in [0.4, 0.5) is 5.69 Å². The Balaban J connectivity index is 1.84. The molecule has 1 unspecified atom stereocenters. The van der Waals surface area contributed by atoms with Gasteiger partial charge in [0.25, 0.3) is 0 Å². The van der Waals surface area contributed by atoms with Gasteiger partial charge in [0.05, 0.1) is 19.3 Å². The third kappa shape index (κ3) is 6.58. The van der Waals surface area contributed by atoms with Gasteiger partial charge in [-0.25, -0.2) is 0 Å². The lowest BCUT2D eigenvalue weighted by Gasteiger charge is -2.36. The molecule has 0 aliphatic carbocycles. The minimum atomic E-state index is 0.200. The van der Waals surface area contributed by atoms with Crippen LogP contribution in [0.1, 0.15) is 50.3 Å². The van der Waals surface area contributed by atoms with Crippen molar-refractivity contribution in [3.8, 4) is 0 Å². The molecule has 0 bridgehead atoms. The van der Waals surface area contributed by atoms with Crippen molar-refractivity contribution in [2.45, 2.75) is 60.0 Å². The summed E-state index contributed by atoms with van der Waals surface area (Å²) in [7, 11) is 0. The monoisotopic (exact) mass is 408 g/mol. The normalized spacial score (nSPS) is 16.0. The Hall–Kier alpha value is -1.84. The molecule has 2 aromatic carbocycles. The molecule has 3 rings (SSSR count). The minimum Gasteiger partial charge on any atom is -0.379 e. The van der Waals surface area contributed by atoms with Crippen LogP contribution in [0.5, 0.6) is 0 Å². The smallest absolute Gasteiger partial charge is 0.0639 e. The third-order valence-corrected chi connectivity index (χ3v) is 5.91. The van der Waals surface area contributed by atoms with Gasteiger partial charge < -0.3 is 9.64 Å². The average molecular weight is 409 g/mol. The van der Waals surface area contributed by atoms with Crippen LogP contribution in [-0.2, 0) is 11.3 Å². The lowest BCUT2D eigenvalue weighted by atomic mass is 9.99. The van der Waals surface area contributed by atoms with Crippen molar-refractivity contribution in [3.05, 3.63) is 65.2 Å². The van der Waals surface area contributed by atoms with Gasteiger partial charge in [-0.3, -0.25) is 4.90 Å². The summed E-state index contributed by atoms with van der Waals surface area (Å²) < 4.78 is 6.25. The van der Waals surface area contributed by atoms with Gasteiger partial charge in [-0.2, -0.15) is 0 Å². The van der Waals surface area contributed by atoms with Crippen LogP contribution in [-0.4, -0.2) is 43.8 Å². The van der Waals surface area contributed by atoms with E-state index in [0.29, 0.717) is 6.04 Å². The molecular weight excluding hydrogens is 368 g/mol. The summed E-state index contributed by atoms with van der Waals surface area (Å²) in [4.78, 5) is 5.23. The van der Waals surface area contributed by atoms with Gasteiger partial charge in [-0.1, -0.05) is 69.3 Å². The lowest BCUT2D eigenvalue weighted by Crippen LogP contribution is -2.46. The summed E-state index contributed by atoms with van der Waals surface area (Å²) >= 11 is 0. The number of hydrogen-bond acceptors (Lipinski definition) is 3. The van der Waals surface area contributed by atoms with Crippen LogP contribution in [0.2, 0.25) is 0 Å². The first-order valence-electron chi connectivity index (χ1n) is 11.5. The standard InChI is InChI=1S/C27H40N2O/c1-22-12-11-13-23(2)26(22)29(18-24-14-7-6-8-15-24)19-25(28-16-9-10-17-28)20-30-21-27(3,4)5/h6-8,11-15,25H,9-10,16-21H2,1-5H3. The van der Waals surface area contributed by atoms with E-state index >= 15 is 0 Å². The molecule has 0 aromatic heterocycles. The van der Waals surface area contributed by atoms with E-state index in [1.54, 1.807) is 0 Å². The quantitative estimate of drug-likeness (QED) is 0.518. The number of likely N-dealkylation sites (tertiary alicyclic amines) is 1. The Morgan fingerprint density at radius 3 is 2.17 bits per heavy atom. The molecule has 1 aliphatic rings. The summed E-state index contributed by atoms with van der Waals surface area (Å²) in [5, 5.41) is 0. The van der Waals surface area contributed by atoms with Crippen LogP contribution in [0.15, 0.2) is 48.5 Å². The second kappa shape index (κ2) is 10.5. The van der Waals surface area contributed by atoms with Gasteiger partial charge in [-0.05, 0) is 61.9 Å². The molecule has 1 atom stereocenters. The Kier molecular flexibility index (Phi) is 7.96. The Morgan fingerprint density at radius 1 is 0.933 bits per heavy atom. The van der Waals surface area contributed by atoms with Crippen molar-refractivity contribution in [1.82, 2.24) is 4.90 Å². The largest absolute Gasteiger partial charge is 0.379 e. The highest BCUT2D eigenvalue weighted by molar-refractivity contribution is 5.59. The molecule has 2 aromatic rings. The molecule has 0 radical (unpaired) electrons. The molecule has 1 fully saturated rings. The fourth-order valence-corrected chi connectivity index (χ4v) is 4.48. The number of nitrogens with zero attached hydrogens (tertiary/aromatic N) is 2. The first-order chi connectivity index (χ1) is 14.3. The van der Waals surface area contributed by atoms with Gasteiger partial charge in [-0.15, -0.1) is 0 Å². The van der Waals surface area contributed by atoms with Crippen LogP contribution < -0.4 is 4.90 Å². The molecule has 0 saturated carbocycles. The number of anilines is 1. The van der Waals surface area contributed by atoms with Gasteiger partial charge in [0, 0.05) is 18.8 Å². The van der Waals surface area contributed by atoms with Crippen molar-refractivity contribution < 1.29 is 4.74 Å². The molecule has 30 heavy (non-hydrogen) atoms. The van der Waals surface area contributed by atoms with Crippen molar-refractivity contribution >= 4 is 5.69 Å². The van der Waals surface area contributed by atoms with Crippen LogP contribution in [0.25, 0.3) is 0 Å². The van der Waals surface area contributed by atoms with Crippen molar-refractivity contribution in [3.63, 3.8) is 0 Å². The summed E-state index contributed by atoms with van der Waals surface area (Å²) in [6.07, 6.45) is 2.61. The number of hydrogen-bond donors (Lipinski definition) is 0. The van der Waals surface area contributed by atoms with Gasteiger partial charge >= 0.3 is 0 Å². The highest BCUT2D eigenvalue weighted by Gasteiger charge is 2.26. The SMILES string of the molecule is Cc1cccc(C)c1N(Cc1ccccc1)CC(COCC(C)(C)C)N1CCCC1. The molecule has 0 N–H and O–H groups in total. The van der Waals surface area contributed by atoms with E-state index in [9.17, 15) is 0 Å². The van der Waals surface area contributed by atoms with Gasteiger partial charge in [0.15, 0.2) is 0 Å². The first kappa shape index (κ1) is 22.8. The van der Waals surface area contributed by atoms with E-state index < -0.39 is 0 Å². The maximum Gasteiger partial charge on any atom is 0.0639 e. The van der Waals surface area contributed by atoms with Crippen LogP contribution in [0, 0.1) is 19.3 Å². The second-order valence-corrected chi connectivity index (χ2v) is 10.1. The predicted octanol–water partition coefficient (Wildman–Crippen LogP) is 5.84. The molecule has 3 heteroatoms. The van der Waals surface area contributed by atoms with Crippen LogP contribution >= 0.6 is 0 Å². The fraction of sp³-hybridized carbons (Fsp3) is 0.556. The van der Waals surface area contributed by atoms with Gasteiger partial charge in [0.1, 0.15) is 0 Å². The molecule has 3 nitrogen and oxygen atoms in total.